The summed E-state index contributed by atoms with van der Waals surface area (Å²) in [5.41, 5.74) is 0. The highest BCUT2D eigenvalue weighted by molar-refractivity contribution is 7.45. The molecule has 9 nitrogen and oxygen atoms in total. The molecule has 10 heteroatoms. The first kappa shape index (κ1) is 74.5. The molecule has 0 radical (unpaired) electrons. The zero-order chi connectivity index (χ0) is 56.4. The molecule has 77 heavy (non-hydrogen) atoms. The summed E-state index contributed by atoms with van der Waals surface area (Å²) in [4.78, 5) is 40.0. The Balaban J connectivity index is 5.22. The Hall–Kier alpha value is -2.55. The molecule has 0 fully saturated rings. The predicted octanol–water partition coefficient (Wildman–Crippen LogP) is 19.4. The van der Waals surface area contributed by atoms with E-state index in [4.69, 9.17) is 13.8 Å². The van der Waals surface area contributed by atoms with Gasteiger partial charge >= 0.3 is 5.97 Å². The summed E-state index contributed by atoms with van der Waals surface area (Å²) in [5.74, 6) is -0.561. The van der Waals surface area contributed by atoms with Crippen molar-refractivity contribution in [3.05, 3.63) is 72.9 Å². The molecule has 0 saturated carbocycles. The third-order valence-electron chi connectivity index (χ3n) is 14.1. The summed E-state index contributed by atoms with van der Waals surface area (Å²) < 4.78 is 30.3. The number of phosphoric ester groups is 1. The minimum Gasteiger partial charge on any atom is -0.756 e. The molecule has 3 atom stereocenters. The molecule has 0 aliphatic rings. The summed E-state index contributed by atoms with van der Waals surface area (Å²) in [5, 5.41) is 3.03. The van der Waals surface area contributed by atoms with Gasteiger partial charge in [-0.05, 0) is 102 Å². The van der Waals surface area contributed by atoms with Gasteiger partial charge in [0.25, 0.3) is 7.82 Å². The van der Waals surface area contributed by atoms with Gasteiger partial charge in [-0.2, -0.15) is 0 Å². The largest absolute Gasteiger partial charge is 0.756 e. The van der Waals surface area contributed by atoms with Crippen LogP contribution >= 0.6 is 7.82 Å². The van der Waals surface area contributed by atoms with Crippen LogP contribution in [-0.4, -0.2) is 69.4 Å². The fourth-order valence-corrected chi connectivity index (χ4v) is 9.81. The maximum atomic E-state index is 13.5. The molecule has 0 bridgehead atoms. The lowest BCUT2D eigenvalue weighted by Crippen LogP contribution is -2.47. The predicted molar refractivity (Wildman–Crippen MR) is 330 cm³/mol. The van der Waals surface area contributed by atoms with Crippen molar-refractivity contribution in [1.29, 1.82) is 0 Å². The Kier molecular flexibility index (Phi) is 54.8. The third kappa shape index (κ3) is 57.9. The number of unbranched alkanes of at least 4 members (excludes halogenated alkanes) is 32. The van der Waals surface area contributed by atoms with E-state index in [1.165, 1.54) is 154 Å². The highest BCUT2D eigenvalue weighted by atomic mass is 31.2. The molecular formula is C67H123N2O7P. The van der Waals surface area contributed by atoms with Crippen LogP contribution in [0.1, 0.15) is 290 Å². The zero-order valence-corrected chi connectivity index (χ0v) is 52.0. The number of esters is 1. The number of hydrogen-bond acceptors (Lipinski definition) is 7. The second-order valence-electron chi connectivity index (χ2n) is 22.9. The number of ether oxygens (including phenoxy) is 1. The standard InChI is InChI=1S/C67H123N2O7P/c1-7-10-13-16-19-22-25-27-29-31-33-34-36-38-40-42-45-48-51-54-57-60-67(71)76-65(58-55-52-49-46-43-24-21-18-15-12-9-3)64(63-75-77(72,73)74-62-61-69(4,5)6)68-66(70)59-56-53-50-47-44-41-39-37-35-32-30-28-26-23-20-17-14-11-8-2/h19,22,27-30,33-34,38,40,55,58,64-65H,7-18,20-21,23-26,31-32,35-37,39,41-54,56-57,59-63H2,1-6H3,(H-,68,70,72,73)/b22-19-,29-27-,30-28+,34-33-,40-38-,58-55+. The van der Waals surface area contributed by atoms with Crippen LogP contribution in [-0.2, 0) is 27.9 Å². The average molecular weight is 1100 g/mol. The first-order chi connectivity index (χ1) is 37.4. The van der Waals surface area contributed by atoms with Gasteiger partial charge in [0.1, 0.15) is 19.3 Å². The lowest BCUT2D eigenvalue weighted by atomic mass is 10.0. The summed E-state index contributed by atoms with van der Waals surface area (Å²) in [6.45, 7) is 6.80. The summed E-state index contributed by atoms with van der Waals surface area (Å²) >= 11 is 0. The van der Waals surface area contributed by atoms with Gasteiger partial charge in [0.05, 0.1) is 33.8 Å². The Morgan fingerprint density at radius 1 is 0.455 bits per heavy atom. The fourth-order valence-electron chi connectivity index (χ4n) is 9.09. The molecule has 0 saturated heterocycles. The van der Waals surface area contributed by atoms with Gasteiger partial charge in [-0.3, -0.25) is 14.2 Å². The normalized spacial score (nSPS) is 14.1. The van der Waals surface area contributed by atoms with Crippen LogP contribution < -0.4 is 10.2 Å². The topological polar surface area (TPSA) is 114 Å². The third-order valence-corrected chi connectivity index (χ3v) is 15.1. The first-order valence-corrected chi connectivity index (χ1v) is 33.7. The van der Waals surface area contributed by atoms with Crippen molar-refractivity contribution in [2.75, 3.05) is 40.9 Å². The van der Waals surface area contributed by atoms with E-state index < -0.39 is 26.6 Å². The molecule has 1 amide bonds. The molecule has 0 aliphatic carbocycles. The maximum absolute atomic E-state index is 13.5. The van der Waals surface area contributed by atoms with Crippen LogP contribution in [0.3, 0.4) is 0 Å². The lowest BCUT2D eigenvalue weighted by Gasteiger charge is -2.30. The van der Waals surface area contributed by atoms with Gasteiger partial charge in [-0.1, -0.05) is 248 Å². The minimum atomic E-state index is -4.71. The Morgan fingerprint density at radius 3 is 1.22 bits per heavy atom. The molecule has 3 unspecified atom stereocenters. The van der Waals surface area contributed by atoms with E-state index >= 15 is 0 Å². The van der Waals surface area contributed by atoms with E-state index in [1.54, 1.807) is 0 Å². The van der Waals surface area contributed by atoms with Crippen LogP contribution in [0.15, 0.2) is 72.9 Å². The van der Waals surface area contributed by atoms with E-state index in [9.17, 15) is 19.0 Å². The van der Waals surface area contributed by atoms with Gasteiger partial charge < -0.3 is 28.5 Å². The summed E-state index contributed by atoms with van der Waals surface area (Å²) in [6.07, 6.45) is 72.9. The van der Waals surface area contributed by atoms with E-state index in [1.807, 2.05) is 33.3 Å². The van der Waals surface area contributed by atoms with E-state index in [2.05, 4.69) is 86.8 Å². The van der Waals surface area contributed by atoms with Gasteiger partial charge in [0, 0.05) is 12.8 Å². The monoisotopic (exact) mass is 1100 g/mol. The van der Waals surface area contributed by atoms with Crippen molar-refractivity contribution in [3.8, 4) is 0 Å². The number of nitrogens with zero attached hydrogens (tertiary/aromatic N) is 1. The SMILES string of the molecule is CCCCC/C=C\C/C=C\C/C=C\C/C=C\CCCCCCCC(=O)OC(/C=C/CCCCCCCCCCC)C(COP(=O)([O-])OCC[N+](C)(C)C)NC(=O)CCCCCCCCCCC/C=C/CCCCCCCC. The molecule has 0 spiro atoms. The average Bonchev–Trinajstić information content (AvgIpc) is 3.39. The molecule has 1 N–H and O–H groups in total. The second kappa shape index (κ2) is 56.7. The Morgan fingerprint density at radius 2 is 0.792 bits per heavy atom. The number of carbonyl (C=O) groups excluding carboxylic acids is 2. The van der Waals surface area contributed by atoms with Crippen LogP contribution in [0.4, 0.5) is 0 Å². The van der Waals surface area contributed by atoms with Crippen molar-refractivity contribution in [2.45, 2.75) is 303 Å². The number of likely N-dealkylation sites (N-methyl/N-ethyl adjacent to an activating group) is 1. The van der Waals surface area contributed by atoms with Gasteiger partial charge in [-0.25, -0.2) is 0 Å². The lowest BCUT2D eigenvalue weighted by molar-refractivity contribution is -0.870. The zero-order valence-electron chi connectivity index (χ0n) is 51.2. The second-order valence-corrected chi connectivity index (χ2v) is 24.3. The van der Waals surface area contributed by atoms with Gasteiger partial charge in [0.2, 0.25) is 5.91 Å². The number of allylic oxidation sites excluding steroid dienone is 11. The Labute approximate surface area is 476 Å². The molecule has 0 aromatic carbocycles. The molecule has 0 aromatic heterocycles. The Bertz CT molecular complexity index is 1550. The van der Waals surface area contributed by atoms with Crippen molar-refractivity contribution in [2.24, 2.45) is 0 Å². The fraction of sp³-hybridized carbons (Fsp3) is 0.791. The molecule has 0 rings (SSSR count). The van der Waals surface area contributed by atoms with Crippen molar-refractivity contribution in [3.63, 3.8) is 0 Å². The highest BCUT2D eigenvalue weighted by Crippen LogP contribution is 2.38. The minimum absolute atomic E-state index is 0.0279. The number of amides is 1. The number of nitrogens with one attached hydrogen (secondary N) is 1. The van der Waals surface area contributed by atoms with Crippen LogP contribution in [0.25, 0.3) is 0 Å². The number of hydrogen-bond donors (Lipinski definition) is 1. The quantitative estimate of drug-likeness (QED) is 0.0212. The molecular weight excluding hydrogens is 976 g/mol. The van der Waals surface area contributed by atoms with Crippen LogP contribution in [0.2, 0.25) is 0 Å². The van der Waals surface area contributed by atoms with Gasteiger partial charge in [-0.15, -0.1) is 0 Å². The van der Waals surface area contributed by atoms with E-state index in [-0.39, 0.29) is 24.9 Å². The van der Waals surface area contributed by atoms with Crippen LogP contribution in [0.5, 0.6) is 0 Å². The highest BCUT2D eigenvalue weighted by Gasteiger charge is 2.27. The number of phosphoric acid groups is 1. The summed E-state index contributed by atoms with van der Waals surface area (Å²) in [7, 11) is 1.17. The maximum Gasteiger partial charge on any atom is 0.306 e. The molecule has 0 aliphatic heterocycles. The van der Waals surface area contributed by atoms with E-state index in [0.29, 0.717) is 23.9 Å². The number of carbonyl (C=O) groups is 2. The van der Waals surface area contributed by atoms with Crippen molar-refractivity contribution < 1.29 is 37.3 Å². The van der Waals surface area contributed by atoms with Gasteiger partial charge in [0.15, 0.2) is 0 Å². The molecule has 448 valence electrons. The number of quaternary nitrogens is 1. The van der Waals surface area contributed by atoms with Crippen molar-refractivity contribution in [1.82, 2.24) is 5.32 Å². The van der Waals surface area contributed by atoms with E-state index in [0.717, 1.165) is 96.3 Å². The molecule has 0 heterocycles. The van der Waals surface area contributed by atoms with Crippen molar-refractivity contribution >= 4 is 19.7 Å². The van der Waals surface area contributed by atoms with Crippen LogP contribution in [0, 0.1) is 0 Å². The summed E-state index contributed by atoms with van der Waals surface area (Å²) in [6, 6.07) is -0.899. The smallest absolute Gasteiger partial charge is 0.306 e. The molecule has 0 aromatic rings. The first-order valence-electron chi connectivity index (χ1n) is 32.2. The number of rotatable bonds is 58.